The van der Waals surface area contributed by atoms with Gasteiger partial charge in [-0.15, -0.1) is 6.58 Å². The summed E-state index contributed by atoms with van der Waals surface area (Å²) < 4.78 is 0. The molecule has 11 heavy (non-hydrogen) atoms. The van der Waals surface area contributed by atoms with Gasteiger partial charge in [-0.05, 0) is 32.1 Å². The van der Waals surface area contributed by atoms with Gasteiger partial charge in [0.25, 0.3) is 0 Å². The quantitative estimate of drug-likeness (QED) is 0.619. The van der Waals surface area contributed by atoms with Crippen molar-refractivity contribution in [3.05, 3.63) is 12.7 Å². The zero-order valence-corrected chi connectivity index (χ0v) is 7.34. The monoisotopic (exact) mass is 154 g/mol. The van der Waals surface area contributed by atoms with Crippen LogP contribution in [0.25, 0.3) is 0 Å². The smallest absolute Gasteiger partial charge is 0.0681 e. The molecule has 1 fully saturated rings. The molecule has 0 aromatic heterocycles. The Morgan fingerprint density at radius 3 is 2.55 bits per heavy atom. The van der Waals surface area contributed by atoms with Crippen molar-refractivity contribution in [3.8, 4) is 0 Å². The molecule has 0 amide bonds. The molecule has 0 spiro atoms. The van der Waals surface area contributed by atoms with Gasteiger partial charge in [-0.2, -0.15) is 0 Å². The lowest BCUT2D eigenvalue weighted by Gasteiger charge is -2.28. The zero-order valence-electron chi connectivity index (χ0n) is 7.34. The molecule has 1 saturated carbocycles. The molecule has 1 rings (SSSR count). The molecular weight excluding hydrogens is 136 g/mol. The maximum Gasteiger partial charge on any atom is 0.0681 e. The second-order valence-corrected chi connectivity index (χ2v) is 3.83. The Morgan fingerprint density at radius 1 is 1.55 bits per heavy atom. The van der Waals surface area contributed by atoms with Crippen molar-refractivity contribution in [2.24, 2.45) is 5.92 Å². The lowest BCUT2D eigenvalue weighted by Crippen LogP contribution is -2.32. The maximum absolute atomic E-state index is 9.94. The molecule has 0 radical (unpaired) electrons. The summed E-state index contributed by atoms with van der Waals surface area (Å²) in [6.45, 7) is 5.59. The lowest BCUT2D eigenvalue weighted by atomic mass is 9.85. The normalized spacial score (nSPS) is 24.9. The Morgan fingerprint density at radius 2 is 2.09 bits per heavy atom. The first-order chi connectivity index (χ1) is 5.17. The number of aliphatic hydroxyl groups is 1. The van der Waals surface area contributed by atoms with E-state index in [0.717, 1.165) is 6.42 Å². The van der Waals surface area contributed by atoms with E-state index in [9.17, 15) is 5.11 Å². The fourth-order valence-corrected chi connectivity index (χ4v) is 2.01. The minimum atomic E-state index is -0.488. The Kier molecular flexibility index (Phi) is 2.72. The van der Waals surface area contributed by atoms with E-state index in [-0.39, 0.29) is 0 Å². The summed E-state index contributed by atoms with van der Waals surface area (Å²) in [6.07, 6.45) is 7.52. The van der Waals surface area contributed by atoms with Crippen molar-refractivity contribution < 1.29 is 5.11 Å². The van der Waals surface area contributed by atoms with Crippen molar-refractivity contribution in [3.63, 3.8) is 0 Å². The van der Waals surface area contributed by atoms with Gasteiger partial charge in [0.2, 0.25) is 0 Å². The van der Waals surface area contributed by atoms with Crippen molar-refractivity contribution in [1.82, 2.24) is 0 Å². The van der Waals surface area contributed by atoms with E-state index in [1.54, 1.807) is 0 Å². The summed E-state index contributed by atoms with van der Waals surface area (Å²) >= 11 is 0. The highest BCUT2D eigenvalue weighted by molar-refractivity contribution is 4.90. The van der Waals surface area contributed by atoms with Gasteiger partial charge in [0.05, 0.1) is 5.60 Å². The Hall–Kier alpha value is -0.300. The molecule has 1 heteroatoms. The van der Waals surface area contributed by atoms with Crippen molar-refractivity contribution >= 4 is 0 Å². The first kappa shape index (κ1) is 8.79. The van der Waals surface area contributed by atoms with Crippen LogP contribution in [-0.2, 0) is 0 Å². The SMILES string of the molecule is C=CC[C@](C)(O)C1CCCC1. The predicted molar refractivity (Wildman–Crippen MR) is 47.4 cm³/mol. The van der Waals surface area contributed by atoms with E-state index < -0.39 is 5.60 Å². The summed E-state index contributed by atoms with van der Waals surface area (Å²) in [6, 6.07) is 0. The lowest BCUT2D eigenvalue weighted by molar-refractivity contribution is 0.00448. The first-order valence-corrected chi connectivity index (χ1v) is 4.50. The number of hydrogen-bond acceptors (Lipinski definition) is 1. The molecule has 1 aliphatic rings. The Bertz CT molecular complexity index is 132. The van der Waals surface area contributed by atoms with Crippen LogP contribution < -0.4 is 0 Å². The fraction of sp³-hybridized carbons (Fsp3) is 0.800. The van der Waals surface area contributed by atoms with E-state index in [0.29, 0.717) is 5.92 Å². The molecule has 64 valence electrons. The Balaban J connectivity index is 2.47. The summed E-state index contributed by atoms with van der Waals surface area (Å²) in [5, 5.41) is 9.94. The highest BCUT2D eigenvalue weighted by atomic mass is 16.3. The number of rotatable bonds is 3. The molecule has 0 heterocycles. The Labute approximate surface area is 69.1 Å². The van der Waals surface area contributed by atoms with Gasteiger partial charge in [-0.25, -0.2) is 0 Å². The average molecular weight is 154 g/mol. The highest BCUT2D eigenvalue weighted by Crippen LogP contribution is 2.35. The molecular formula is C10H18O. The van der Waals surface area contributed by atoms with Crippen LogP contribution in [0.15, 0.2) is 12.7 Å². The van der Waals surface area contributed by atoms with Crippen LogP contribution in [0.4, 0.5) is 0 Å². The van der Waals surface area contributed by atoms with Crippen LogP contribution in [0, 0.1) is 5.92 Å². The van der Waals surface area contributed by atoms with E-state index in [2.05, 4.69) is 6.58 Å². The van der Waals surface area contributed by atoms with E-state index in [4.69, 9.17) is 0 Å². The third-order valence-corrected chi connectivity index (χ3v) is 2.79. The van der Waals surface area contributed by atoms with Crippen LogP contribution in [0.2, 0.25) is 0 Å². The average Bonchev–Trinajstić information content (AvgIpc) is 2.37. The van der Waals surface area contributed by atoms with Gasteiger partial charge in [0.15, 0.2) is 0 Å². The van der Waals surface area contributed by atoms with Crippen molar-refractivity contribution in [1.29, 1.82) is 0 Å². The summed E-state index contributed by atoms with van der Waals surface area (Å²) in [7, 11) is 0. The third-order valence-electron chi connectivity index (χ3n) is 2.79. The zero-order chi connectivity index (χ0) is 8.32. The predicted octanol–water partition coefficient (Wildman–Crippen LogP) is 2.50. The van der Waals surface area contributed by atoms with Crippen molar-refractivity contribution in [2.45, 2.75) is 44.6 Å². The molecule has 1 aliphatic carbocycles. The van der Waals surface area contributed by atoms with Gasteiger partial charge < -0.3 is 5.11 Å². The largest absolute Gasteiger partial charge is 0.390 e. The first-order valence-electron chi connectivity index (χ1n) is 4.50. The molecule has 1 nitrogen and oxygen atoms in total. The standard InChI is InChI=1S/C10H18O/c1-3-8-10(2,11)9-6-4-5-7-9/h3,9,11H,1,4-8H2,2H3/t10-/m0/s1. The topological polar surface area (TPSA) is 20.2 Å². The third kappa shape index (κ3) is 2.06. The van der Waals surface area contributed by atoms with Gasteiger partial charge in [-0.3, -0.25) is 0 Å². The van der Waals surface area contributed by atoms with Gasteiger partial charge >= 0.3 is 0 Å². The summed E-state index contributed by atoms with van der Waals surface area (Å²) in [5.74, 6) is 0.514. The van der Waals surface area contributed by atoms with Crippen LogP contribution in [0.5, 0.6) is 0 Å². The number of hydrogen-bond donors (Lipinski definition) is 1. The maximum atomic E-state index is 9.94. The fourth-order valence-electron chi connectivity index (χ4n) is 2.01. The van der Waals surface area contributed by atoms with Gasteiger partial charge in [-0.1, -0.05) is 18.9 Å². The molecule has 0 aromatic carbocycles. The molecule has 1 N–H and O–H groups in total. The van der Waals surface area contributed by atoms with Gasteiger partial charge in [0, 0.05) is 0 Å². The highest BCUT2D eigenvalue weighted by Gasteiger charge is 2.32. The molecule has 0 aromatic rings. The van der Waals surface area contributed by atoms with Crippen LogP contribution in [0.1, 0.15) is 39.0 Å². The molecule has 0 unspecified atom stereocenters. The minimum absolute atomic E-state index is 0.488. The van der Waals surface area contributed by atoms with Crippen LogP contribution in [-0.4, -0.2) is 10.7 Å². The molecule has 0 bridgehead atoms. The summed E-state index contributed by atoms with van der Waals surface area (Å²) in [4.78, 5) is 0. The van der Waals surface area contributed by atoms with Crippen molar-refractivity contribution in [2.75, 3.05) is 0 Å². The van der Waals surface area contributed by atoms with Crippen LogP contribution in [0.3, 0.4) is 0 Å². The molecule has 0 saturated heterocycles. The van der Waals surface area contributed by atoms with E-state index >= 15 is 0 Å². The second-order valence-electron chi connectivity index (χ2n) is 3.83. The van der Waals surface area contributed by atoms with E-state index in [1.165, 1.54) is 25.7 Å². The molecule has 0 aliphatic heterocycles. The molecule has 1 atom stereocenters. The summed E-state index contributed by atoms with van der Waals surface area (Å²) in [5.41, 5.74) is -0.488. The second kappa shape index (κ2) is 3.40. The van der Waals surface area contributed by atoms with E-state index in [1.807, 2.05) is 13.0 Å². The van der Waals surface area contributed by atoms with Crippen LogP contribution >= 0.6 is 0 Å². The van der Waals surface area contributed by atoms with Gasteiger partial charge in [0.1, 0.15) is 0 Å². The minimum Gasteiger partial charge on any atom is -0.390 e.